The first-order chi connectivity index (χ1) is 8.49. The lowest BCUT2D eigenvalue weighted by Gasteiger charge is -2.06. The summed E-state index contributed by atoms with van der Waals surface area (Å²) in [5.74, 6) is 0.531. The molecule has 94 valence electrons. The second-order valence-electron chi connectivity index (χ2n) is 4.67. The van der Waals surface area contributed by atoms with Crippen LogP contribution in [0.1, 0.15) is 40.6 Å². The van der Waals surface area contributed by atoms with Crippen LogP contribution in [0.25, 0.3) is 10.4 Å². The number of hydrogen-bond donors (Lipinski definition) is 0. The predicted octanol–water partition coefficient (Wildman–Crippen LogP) is 5.23. The summed E-state index contributed by atoms with van der Waals surface area (Å²) in [4.78, 5) is 12.9. The van der Waals surface area contributed by atoms with E-state index in [4.69, 9.17) is 11.6 Å². The third-order valence-corrected chi connectivity index (χ3v) is 4.55. The summed E-state index contributed by atoms with van der Waals surface area (Å²) in [6, 6.07) is 10.3. The maximum absolute atomic E-state index is 11.2. The molecule has 2 rings (SSSR count). The molecule has 0 spiro atoms. The van der Waals surface area contributed by atoms with Crippen LogP contribution in [0.15, 0.2) is 30.3 Å². The summed E-state index contributed by atoms with van der Waals surface area (Å²) in [6.45, 7) is 6.36. The quantitative estimate of drug-likeness (QED) is 0.703. The Hall–Kier alpha value is -1.12. The Labute approximate surface area is 116 Å². The number of aryl methyl sites for hydroxylation is 1. The van der Waals surface area contributed by atoms with E-state index in [2.05, 4.69) is 38.1 Å². The molecule has 0 unspecified atom stereocenters. The summed E-state index contributed by atoms with van der Waals surface area (Å²) in [5, 5.41) is -0.381. The molecule has 1 nitrogen and oxygen atoms in total. The normalized spacial score (nSPS) is 10.9. The van der Waals surface area contributed by atoms with Crippen LogP contribution in [-0.4, -0.2) is 5.24 Å². The molecule has 0 saturated carbocycles. The van der Waals surface area contributed by atoms with E-state index in [1.165, 1.54) is 16.9 Å². The zero-order valence-electron chi connectivity index (χ0n) is 10.7. The molecule has 1 aromatic carbocycles. The summed E-state index contributed by atoms with van der Waals surface area (Å²) in [6.07, 6.45) is 0. The van der Waals surface area contributed by atoms with Gasteiger partial charge in [-0.15, -0.1) is 11.3 Å². The second kappa shape index (κ2) is 5.25. The minimum Gasteiger partial charge on any atom is -0.275 e. The number of rotatable bonds is 3. The first-order valence-electron chi connectivity index (χ1n) is 5.89. The number of carbonyl (C=O) groups is 1. The van der Waals surface area contributed by atoms with Crippen molar-refractivity contribution in [2.24, 2.45) is 0 Å². The highest BCUT2D eigenvalue weighted by Gasteiger charge is 2.12. The summed E-state index contributed by atoms with van der Waals surface area (Å²) in [5.41, 5.74) is 3.56. The van der Waals surface area contributed by atoms with Crippen molar-refractivity contribution in [2.45, 2.75) is 26.7 Å². The molecular weight excluding hydrogens is 264 g/mol. The molecule has 0 aliphatic carbocycles. The van der Waals surface area contributed by atoms with Crippen LogP contribution >= 0.6 is 22.9 Å². The molecule has 3 heteroatoms. The van der Waals surface area contributed by atoms with Crippen molar-refractivity contribution in [2.75, 3.05) is 0 Å². The Bertz CT molecular complexity index is 567. The Morgan fingerprint density at radius 3 is 2.28 bits per heavy atom. The van der Waals surface area contributed by atoms with E-state index >= 15 is 0 Å². The molecule has 0 aliphatic heterocycles. The molecular formula is C15H15ClOS. The van der Waals surface area contributed by atoms with Gasteiger partial charge < -0.3 is 0 Å². The topological polar surface area (TPSA) is 17.1 Å². The maximum atomic E-state index is 11.2. The summed E-state index contributed by atoms with van der Waals surface area (Å²) in [7, 11) is 0. The van der Waals surface area contributed by atoms with Gasteiger partial charge >= 0.3 is 0 Å². The molecule has 2 aromatic rings. The van der Waals surface area contributed by atoms with Gasteiger partial charge in [0.25, 0.3) is 5.24 Å². The summed E-state index contributed by atoms with van der Waals surface area (Å²) < 4.78 is 0. The van der Waals surface area contributed by atoms with Crippen molar-refractivity contribution in [1.29, 1.82) is 0 Å². The Morgan fingerprint density at radius 2 is 1.83 bits per heavy atom. The van der Waals surface area contributed by atoms with E-state index in [-0.39, 0.29) is 5.24 Å². The molecule has 0 saturated heterocycles. The SMILES string of the molecule is Cc1cc(C(=O)Cl)sc1-c1ccc(C(C)C)cc1. The van der Waals surface area contributed by atoms with Crippen LogP contribution in [-0.2, 0) is 0 Å². The van der Waals surface area contributed by atoms with Gasteiger partial charge in [0.1, 0.15) is 0 Å². The third-order valence-electron chi connectivity index (χ3n) is 2.95. The van der Waals surface area contributed by atoms with Gasteiger partial charge in [0.15, 0.2) is 0 Å². The largest absolute Gasteiger partial charge is 0.275 e. The average Bonchev–Trinajstić information content (AvgIpc) is 2.71. The van der Waals surface area contributed by atoms with Crippen molar-refractivity contribution in [1.82, 2.24) is 0 Å². The predicted molar refractivity (Wildman–Crippen MR) is 78.8 cm³/mol. The standard InChI is InChI=1S/C15H15ClOS/c1-9(2)11-4-6-12(7-5-11)14-10(3)8-13(18-14)15(16)17/h4-9H,1-3H3. The van der Waals surface area contributed by atoms with Crippen LogP contribution in [0.4, 0.5) is 0 Å². The van der Waals surface area contributed by atoms with Gasteiger partial charge in [-0.1, -0.05) is 38.1 Å². The van der Waals surface area contributed by atoms with Crippen LogP contribution in [0.5, 0.6) is 0 Å². The molecule has 1 aromatic heterocycles. The number of carbonyl (C=O) groups excluding carboxylic acids is 1. The first-order valence-corrected chi connectivity index (χ1v) is 7.09. The van der Waals surface area contributed by atoms with Crippen LogP contribution in [0.3, 0.4) is 0 Å². The number of benzene rings is 1. The maximum Gasteiger partial charge on any atom is 0.262 e. The molecule has 0 aliphatic rings. The van der Waals surface area contributed by atoms with Crippen molar-refractivity contribution < 1.29 is 4.79 Å². The zero-order chi connectivity index (χ0) is 13.3. The van der Waals surface area contributed by atoms with E-state index in [0.29, 0.717) is 10.8 Å². The fourth-order valence-electron chi connectivity index (χ4n) is 1.88. The zero-order valence-corrected chi connectivity index (χ0v) is 12.2. The van der Waals surface area contributed by atoms with E-state index < -0.39 is 0 Å². The highest BCUT2D eigenvalue weighted by Crippen LogP contribution is 2.33. The Kier molecular flexibility index (Phi) is 3.88. The Morgan fingerprint density at radius 1 is 1.22 bits per heavy atom. The van der Waals surface area contributed by atoms with E-state index in [1.54, 1.807) is 0 Å². The van der Waals surface area contributed by atoms with Crippen LogP contribution in [0, 0.1) is 6.92 Å². The molecule has 0 fully saturated rings. The minimum atomic E-state index is -0.381. The fourth-order valence-corrected chi connectivity index (χ4v) is 3.06. The van der Waals surface area contributed by atoms with Gasteiger partial charge in [0.05, 0.1) is 4.88 Å². The van der Waals surface area contributed by atoms with Crippen molar-refractivity contribution in [3.05, 3.63) is 46.3 Å². The van der Waals surface area contributed by atoms with Crippen molar-refractivity contribution in [3.8, 4) is 10.4 Å². The minimum absolute atomic E-state index is 0.381. The molecule has 0 amide bonds. The fraction of sp³-hybridized carbons (Fsp3) is 0.267. The highest BCUT2D eigenvalue weighted by molar-refractivity contribution is 7.19. The highest BCUT2D eigenvalue weighted by atomic mass is 35.5. The van der Waals surface area contributed by atoms with Gasteiger partial charge in [-0.25, -0.2) is 0 Å². The summed E-state index contributed by atoms with van der Waals surface area (Å²) >= 11 is 6.97. The van der Waals surface area contributed by atoms with Crippen LogP contribution in [0.2, 0.25) is 0 Å². The lowest BCUT2D eigenvalue weighted by Crippen LogP contribution is -1.86. The molecule has 0 bridgehead atoms. The molecule has 1 heterocycles. The number of thiophene rings is 1. The smallest absolute Gasteiger partial charge is 0.262 e. The van der Waals surface area contributed by atoms with Gasteiger partial charge in [-0.3, -0.25) is 4.79 Å². The van der Waals surface area contributed by atoms with Crippen molar-refractivity contribution >= 4 is 28.2 Å². The monoisotopic (exact) mass is 278 g/mol. The molecule has 18 heavy (non-hydrogen) atoms. The van der Waals surface area contributed by atoms with Crippen molar-refractivity contribution in [3.63, 3.8) is 0 Å². The van der Waals surface area contributed by atoms with Gasteiger partial charge in [-0.05, 0) is 47.2 Å². The van der Waals surface area contributed by atoms with Gasteiger partial charge in [0, 0.05) is 4.88 Å². The lowest BCUT2D eigenvalue weighted by atomic mass is 10.0. The number of halogens is 1. The lowest BCUT2D eigenvalue weighted by molar-refractivity contribution is 0.108. The number of hydrogen-bond acceptors (Lipinski definition) is 2. The average molecular weight is 279 g/mol. The van der Waals surface area contributed by atoms with Gasteiger partial charge in [0.2, 0.25) is 0 Å². The first kappa shape index (κ1) is 13.3. The molecule has 0 atom stereocenters. The van der Waals surface area contributed by atoms with Crippen LogP contribution < -0.4 is 0 Å². The van der Waals surface area contributed by atoms with E-state index in [1.807, 2.05) is 13.0 Å². The van der Waals surface area contributed by atoms with E-state index in [0.717, 1.165) is 16.0 Å². The third kappa shape index (κ3) is 2.65. The second-order valence-corrected chi connectivity index (χ2v) is 6.07. The molecule has 0 N–H and O–H groups in total. The molecule has 0 radical (unpaired) electrons. The van der Waals surface area contributed by atoms with Gasteiger partial charge in [-0.2, -0.15) is 0 Å². The van der Waals surface area contributed by atoms with E-state index in [9.17, 15) is 4.79 Å². The Balaban J connectivity index is 2.39.